The van der Waals surface area contributed by atoms with Gasteiger partial charge >= 0.3 is 5.97 Å². The van der Waals surface area contributed by atoms with Crippen LogP contribution in [0.2, 0.25) is 0 Å². The Labute approximate surface area is 145 Å². The first-order valence-corrected chi connectivity index (χ1v) is 7.75. The van der Waals surface area contributed by atoms with Crippen LogP contribution in [-0.4, -0.2) is 16.9 Å². The largest absolute Gasteiger partial charge is 0.422 e. The number of nitrogens with two attached hydrogens (primary N) is 1. The minimum absolute atomic E-state index is 0.0214. The molecule has 8 heteroatoms. The molecule has 0 unspecified atom stereocenters. The smallest absolute Gasteiger partial charge is 0.311 e. The van der Waals surface area contributed by atoms with Gasteiger partial charge in [0.2, 0.25) is 5.91 Å². The van der Waals surface area contributed by atoms with Crippen LogP contribution >= 0.6 is 0 Å². The Hall–Kier alpha value is -3.29. The molecule has 0 fully saturated rings. The Kier molecular flexibility index (Phi) is 6.16. The maximum Gasteiger partial charge on any atom is 0.311 e. The second-order valence-corrected chi connectivity index (χ2v) is 5.18. The van der Waals surface area contributed by atoms with Gasteiger partial charge in [-0.3, -0.25) is 9.59 Å². The predicted octanol–water partition coefficient (Wildman–Crippen LogP) is 3.74. The van der Waals surface area contributed by atoms with Gasteiger partial charge in [-0.15, -0.1) is 5.11 Å². The summed E-state index contributed by atoms with van der Waals surface area (Å²) in [5.74, 6) is -0.561. The van der Waals surface area contributed by atoms with Crippen molar-refractivity contribution in [3.8, 4) is 5.75 Å². The Morgan fingerprint density at radius 2 is 1.96 bits per heavy atom. The fraction of sp³-hybridized carbons (Fsp3) is 0.235. The van der Waals surface area contributed by atoms with E-state index in [2.05, 4.69) is 20.5 Å². The summed E-state index contributed by atoms with van der Waals surface area (Å²) in [7, 11) is 0. The van der Waals surface area contributed by atoms with E-state index in [0.29, 0.717) is 12.1 Å². The van der Waals surface area contributed by atoms with Gasteiger partial charge in [-0.25, -0.2) is 4.98 Å². The van der Waals surface area contributed by atoms with Gasteiger partial charge in [-0.05, 0) is 18.6 Å². The lowest BCUT2D eigenvalue weighted by atomic mass is 10.3. The molecule has 0 aliphatic carbocycles. The summed E-state index contributed by atoms with van der Waals surface area (Å²) in [6.07, 6.45) is 0.907. The lowest BCUT2D eigenvalue weighted by Crippen LogP contribution is -2.12. The fourth-order valence-electron chi connectivity index (χ4n) is 1.90. The van der Waals surface area contributed by atoms with Crippen LogP contribution in [0.1, 0.15) is 26.7 Å². The number of benzene rings is 1. The van der Waals surface area contributed by atoms with Gasteiger partial charge in [0.15, 0.2) is 17.4 Å². The summed E-state index contributed by atoms with van der Waals surface area (Å²) in [4.78, 5) is 27.1. The quantitative estimate of drug-likeness (QED) is 0.612. The van der Waals surface area contributed by atoms with Crippen LogP contribution < -0.4 is 15.8 Å². The third-order valence-corrected chi connectivity index (χ3v) is 3.00. The summed E-state index contributed by atoms with van der Waals surface area (Å²) in [5.41, 5.74) is 6.66. The van der Waals surface area contributed by atoms with Crippen LogP contribution in [0.25, 0.3) is 0 Å². The van der Waals surface area contributed by atoms with Crippen LogP contribution in [0.3, 0.4) is 0 Å². The predicted molar refractivity (Wildman–Crippen MR) is 94.1 cm³/mol. The summed E-state index contributed by atoms with van der Waals surface area (Å²) in [5, 5.41) is 10.7. The number of ether oxygens (including phenoxy) is 1. The molecular weight excluding hydrogens is 322 g/mol. The summed E-state index contributed by atoms with van der Waals surface area (Å²) < 4.78 is 5.20. The van der Waals surface area contributed by atoms with Crippen molar-refractivity contribution in [2.75, 3.05) is 11.1 Å². The third kappa shape index (κ3) is 5.38. The highest BCUT2D eigenvalue weighted by Crippen LogP contribution is 2.33. The summed E-state index contributed by atoms with van der Waals surface area (Å²) in [6.45, 7) is 3.20. The first kappa shape index (κ1) is 18.1. The highest BCUT2D eigenvalue weighted by molar-refractivity contribution is 5.91. The van der Waals surface area contributed by atoms with E-state index in [4.69, 9.17) is 10.5 Å². The number of hydrogen-bond donors (Lipinski definition) is 2. The molecule has 25 heavy (non-hydrogen) atoms. The van der Waals surface area contributed by atoms with E-state index in [1.165, 1.54) is 13.0 Å². The molecule has 0 saturated heterocycles. The van der Waals surface area contributed by atoms with Gasteiger partial charge < -0.3 is 15.8 Å². The Morgan fingerprint density at radius 3 is 2.60 bits per heavy atom. The fourth-order valence-corrected chi connectivity index (χ4v) is 1.90. The highest BCUT2D eigenvalue weighted by atomic mass is 16.5. The molecule has 0 atom stereocenters. The molecule has 3 N–H and O–H groups in total. The van der Waals surface area contributed by atoms with Gasteiger partial charge in [-0.2, -0.15) is 5.11 Å². The summed E-state index contributed by atoms with van der Waals surface area (Å²) >= 11 is 0. The molecule has 0 spiro atoms. The zero-order valence-corrected chi connectivity index (χ0v) is 14.0. The second-order valence-electron chi connectivity index (χ2n) is 5.18. The van der Waals surface area contributed by atoms with E-state index in [-0.39, 0.29) is 35.4 Å². The first-order valence-electron chi connectivity index (χ1n) is 7.75. The maximum atomic E-state index is 11.7. The average molecular weight is 341 g/mol. The zero-order valence-electron chi connectivity index (χ0n) is 14.0. The molecule has 1 amide bonds. The molecule has 0 aliphatic rings. The molecule has 1 aromatic heterocycles. The van der Waals surface area contributed by atoms with Crippen LogP contribution in [0.5, 0.6) is 5.75 Å². The Balaban J connectivity index is 2.37. The normalized spacial score (nSPS) is 10.6. The van der Waals surface area contributed by atoms with Crippen molar-refractivity contribution < 1.29 is 14.3 Å². The number of azo groups is 1. The van der Waals surface area contributed by atoms with Crippen molar-refractivity contribution in [2.24, 2.45) is 10.2 Å². The lowest BCUT2D eigenvalue weighted by Gasteiger charge is -2.10. The minimum Gasteiger partial charge on any atom is -0.422 e. The Morgan fingerprint density at radius 1 is 1.24 bits per heavy atom. The molecule has 130 valence electrons. The first-order chi connectivity index (χ1) is 12.0. The molecule has 8 nitrogen and oxygen atoms in total. The molecular formula is C17H19N5O3. The molecule has 0 radical (unpaired) electrons. The number of esters is 1. The van der Waals surface area contributed by atoms with E-state index < -0.39 is 5.97 Å². The van der Waals surface area contributed by atoms with Crippen molar-refractivity contribution in [1.82, 2.24) is 4.98 Å². The maximum absolute atomic E-state index is 11.7. The van der Waals surface area contributed by atoms with Gasteiger partial charge in [0.1, 0.15) is 5.69 Å². The van der Waals surface area contributed by atoms with E-state index in [0.717, 1.165) is 0 Å². The number of carbonyl (C=O) groups excluding carboxylic acids is 2. The molecule has 0 aliphatic heterocycles. The number of anilines is 2. The number of amides is 1. The monoisotopic (exact) mass is 341 g/mol. The molecule has 1 heterocycles. The van der Waals surface area contributed by atoms with Gasteiger partial charge in [0.25, 0.3) is 0 Å². The number of pyridine rings is 1. The van der Waals surface area contributed by atoms with Crippen molar-refractivity contribution in [3.05, 3.63) is 36.4 Å². The minimum atomic E-state index is -0.422. The van der Waals surface area contributed by atoms with Crippen molar-refractivity contribution in [3.63, 3.8) is 0 Å². The van der Waals surface area contributed by atoms with Gasteiger partial charge in [0.05, 0.1) is 5.69 Å². The molecule has 2 rings (SSSR count). The van der Waals surface area contributed by atoms with Gasteiger partial charge in [-0.1, -0.05) is 25.1 Å². The number of aromatic nitrogens is 1. The number of nitrogens with zero attached hydrogens (tertiary/aromatic N) is 3. The van der Waals surface area contributed by atoms with Crippen molar-refractivity contribution in [2.45, 2.75) is 26.7 Å². The third-order valence-electron chi connectivity index (χ3n) is 3.00. The number of nitrogens with one attached hydrogen (secondary N) is 1. The van der Waals surface area contributed by atoms with E-state index in [1.807, 2.05) is 25.1 Å². The van der Waals surface area contributed by atoms with Crippen molar-refractivity contribution >= 4 is 34.9 Å². The topological polar surface area (TPSA) is 119 Å². The number of carbonyl (C=O) groups is 2. The average Bonchev–Trinajstić information content (AvgIpc) is 2.57. The number of nitrogen functional groups attached to an aromatic ring is 1. The van der Waals surface area contributed by atoms with Crippen LogP contribution in [0.15, 0.2) is 46.6 Å². The van der Waals surface area contributed by atoms with Crippen LogP contribution in [-0.2, 0) is 9.59 Å². The number of hydrogen-bond acceptors (Lipinski definition) is 7. The molecule has 2 aromatic rings. The van der Waals surface area contributed by atoms with Crippen LogP contribution in [0.4, 0.5) is 23.0 Å². The molecule has 1 aromatic carbocycles. The summed E-state index contributed by atoms with van der Waals surface area (Å²) in [6, 6.07) is 10.5. The van der Waals surface area contributed by atoms with Crippen LogP contribution in [0, 0.1) is 0 Å². The highest BCUT2D eigenvalue weighted by Gasteiger charge is 2.14. The second kappa shape index (κ2) is 8.53. The lowest BCUT2D eigenvalue weighted by molar-refractivity contribution is -0.134. The zero-order chi connectivity index (χ0) is 18.2. The van der Waals surface area contributed by atoms with E-state index >= 15 is 0 Å². The Bertz CT molecular complexity index is 790. The number of rotatable bonds is 6. The van der Waals surface area contributed by atoms with Crippen molar-refractivity contribution in [1.29, 1.82) is 0 Å². The van der Waals surface area contributed by atoms with E-state index in [1.54, 1.807) is 12.1 Å². The standard InChI is InChI=1S/C17H19N5O3/c1-3-7-15(24)25-14-10-13(17(19-11(2)23)20-16(14)18)22-21-12-8-5-4-6-9-12/h4-6,8-10H,3,7H2,1-2H3,(H3,18,19,20,23). The SMILES string of the molecule is CCCC(=O)Oc1cc(N=Nc2ccccc2)c(NC(C)=O)nc1N. The van der Waals surface area contributed by atoms with E-state index in [9.17, 15) is 9.59 Å². The molecule has 0 saturated carbocycles. The van der Waals surface area contributed by atoms with Gasteiger partial charge in [0, 0.05) is 19.4 Å². The molecule has 0 bridgehead atoms.